The predicted molar refractivity (Wildman–Crippen MR) is 125 cm³/mol. The molecule has 3 heterocycles. The lowest BCUT2D eigenvalue weighted by Gasteiger charge is -2.15. The Morgan fingerprint density at radius 3 is 2.65 bits per heavy atom. The monoisotopic (exact) mass is 459 g/mol. The summed E-state index contributed by atoms with van der Waals surface area (Å²) in [6, 6.07) is 2.80. The molecule has 7 nitrogen and oxygen atoms in total. The molecule has 0 aliphatic carbocycles. The molecule has 0 atom stereocenters. The summed E-state index contributed by atoms with van der Waals surface area (Å²) in [5, 5.41) is 4.59. The average Bonchev–Trinajstić information content (AvgIpc) is 3.31. The van der Waals surface area contributed by atoms with Gasteiger partial charge in [-0.25, -0.2) is 14.1 Å². The number of thiol groups is 1. The zero-order chi connectivity index (χ0) is 22.4. The minimum atomic E-state index is -1.18. The number of aromatic nitrogens is 5. The lowest BCUT2D eigenvalue weighted by atomic mass is 10.1. The van der Waals surface area contributed by atoms with Crippen LogP contribution in [0.3, 0.4) is 0 Å². The first-order chi connectivity index (χ1) is 14.8. The fourth-order valence-electron chi connectivity index (χ4n) is 2.80. The van der Waals surface area contributed by atoms with Crippen molar-refractivity contribution in [2.24, 2.45) is 0 Å². The van der Waals surface area contributed by atoms with Crippen molar-refractivity contribution in [3.05, 3.63) is 53.2 Å². The molecular weight excluding hydrogens is 433 g/mol. The van der Waals surface area contributed by atoms with Crippen LogP contribution in [-0.4, -0.2) is 44.7 Å². The van der Waals surface area contributed by atoms with E-state index in [1.54, 1.807) is 16.9 Å². The van der Waals surface area contributed by atoms with Crippen LogP contribution in [0.2, 0.25) is 25.7 Å². The number of ether oxygens (including phenoxy) is 1. The number of hydrogen-bond donors (Lipinski definition) is 1. The van der Waals surface area contributed by atoms with E-state index in [1.807, 2.05) is 18.3 Å². The number of carbonyl (C=O) groups excluding carboxylic acids is 1. The summed E-state index contributed by atoms with van der Waals surface area (Å²) in [5.74, 6) is 0.441. The van der Waals surface area contributed by atoms with Gasteiger partial charge in [-0.05, 0) is 17.7 Å². The molecule has 0 fully saturated rings. The normalized spacial score (nSPS) is 12.0. The van der Waals surface area contributed by atoms with E-state index in [0.717, 1.165) is 23.5 Å². The zero-order valence-electron chi connectivity index (χ0n) is 17.8. The minimum Gasteiger partial charge on any atom is -0.360 e. The fraction of sp³-hybridized carbons (Fsp3) is 0.333. The summed E-state index contributed by atoms with van der Waals surface area (Å²) < 4.78 is 22.0. The molecule has 0 N–H and O–H groups in total. The standard InChI is InChI=1S/C21H26FN5O2SSi/c1-31(2,3)7-6-29-15-26-12-18(5-4-16-8-17(14-28)11-23-10-16)20(25-26)21-24-19(9-22)13-27(21)30/h4-5,8,10-14,30H,6-7,9,15H2,1-3H3/b5-4+. The second-order valence-electron chi connectivity index (χ2n) is 8.36. The number of aldehydes is 1. The zero-order valence-corrected chi connectivity index (χ0v) is 19.7. The lowest BCUT2D eigenvalue weighted by Crippen LogP contribution is -2.22. The Kier molecular flexibility index (Phi) is 7.58. The van der Waals surface area contributed by atoms with E-state index in [9.17, 15) is 9.18 Å². The molecule has 0 aromatic carbocycles. The Morgan fingerprint density at radius 2 is 1.97 bits per heavy atom. The number of pyridine rings is 1. The molecule has 3 rings (SSSR count). The van der Waals surface area contributed by atoms with Crippen LogP contribution in [0.4, 0.5) is 4.39 Å². The first kappa shape index (κ1) is 23.1. The van der Waals surface area contributed by atoms with Gasteiger partial charge in [-0.15, -0.1) is 0 Å². The van der Waals surface area contributed by atoms with Gasteiger partial charge in [-0.3, -0.25) is 13.8 Å². The number of carbonyl (C=O) groups is 1. The van der Waals surface area contributed by atoms with E-state index < -0.39 is 14.7 Å². The topological polar surface area (TPSA) is 74.8 Å². The molecule has 31 heavy (non-hydrogen) atoms. The largest absolute Gasteiger partial charge is 0.360 e. The average molecular weight is 460 g/mol. The van der Waals surface area contributed by atoms with Crippen LogP contribution >= 0.6 is 12.8 Å². The second-order valence-corrected chi connectivity index (χ2v) is 14.4. The van der Waals surface area contributed by atoms with Crippen molar-refractivity contribution in [3.8, 4) is 11.5 Å². The fourth-order valence-corrected chi connectivity index (χ4v) is 3.83. The highest BCUT2D eigenvalue weighted by molar-refractivity contribution is 7.78. The minimum absolute atomic E-state index is 0.281. The van der Waals surface area contributed by atoms with E-state index in [-0.39, 0.29) is 5.69 Å². The quantitative estimate of drug-likeness (QED) is 0.208. The number of hydrogen-bond acceptors (Lipinski definition) is 6. The van der Waals surface area contributed by atoms with Gasteiger partial charge in [0.15, 0.2) is 12.1 Å². The van der Waals surface area contributed by atoms with Gasteiger partial charge in [0.05, 0.1) is 5.69 Å². The van der Waals surface area contributed by atoms with Crippen LogP contribution < -0.4 is 0 Å². The van der Waals surface area contributed by atoms with Gasteiger partial charge in [-0.2, -0.15) is 5.10 Å². The lowest BCUT2D eigenvalue weighted by molar-refractivity contribution is 0.0787. The SMILES string of the molecule is C[Si](C)(C)CCOCn1cc(/C=C/c2cncc(C=O)c2)c(-c2nc(CF)cn2S)n1. The maximum Gasteiger partial charge on any atom is 0.171 e. The van der Waals surface area contributed by atoms with Crippen molar-refractivity contribution in [3.63, 3.8) is 0 Å². The number of alkyl halides is 1. The van der Waals surface area contributed by atoms with E-state index >= 15 is 0 Å². The van der Waals surface area contributed by atoms with Gasteiger partial charge in [0, 0.05) is 50.6 Å². The summed E-state index contributed by atoms with van der Waals surface area (Å²) in [5.41, 5.74) is 2.86. The summed E-state index contributed by atoms with van der Waals surface area (Å²) in [7, 11) is -1.18. The molecule has 0 aliphatic heterocycles. The first-order valence-corrected chi connectivity index (χ1v) is 14.0. The van der Waals surface area contributed by atoms with Crippen molar-refractivity contribution < 1.29 is 13.9 Å². The van der Waals surface area contributed by atoms with E-state index in [4.69, 9.17) is 4.74 Å². The Bertz CT molecular complexity index is 1070. The van der Waals surface area contributed by atoms with Crippen LogP contribution in [0.25, 0.3) is 23.7 Å². The van der Waals surface area contributed by atoms with Crippen molar-refractivity contribution >= 4 is 39.3 Å². The number of halogens is 1. The van der Waals surface area contributed by atoms with Crippen molar-refractivity contribution in [1.82, 2.24) is 23.7 Å². The highest BCUT2D eigenvalue weighted by Crippen LogP contribution is 2.25. The molecule has 0 saturated heterocycles. The molecule has 0 amide bonds. The van der Waals surface area contributed by atoms with Crippen LogP contribution in [0, 0.1) is 0 Å². The van der Waals surface area contributed by atoms with Gasteiger partial charge >= 0.3 is 0 Å². The number of imidazole rings is 1. The molecular formula is C21H26FN5O2SSi. The van der Waals surface area contributed by atoms with Gasteiger partial charge in [0.1, 0.15) is 19.1 Å². The third-order valence-corrected chi connectivity index (χ3v) is 6.48. The van der Waals surface area contributed by atoms with Crippen LogP contribution in [-0.2, 0) is 18.1 Å². The summed E-state index contributed by atoms with van der Waals surface area (Å²) in [6.07, 6.45) is 11.0. The Labute approximate surface area is 187 Å². The molecule has 0 aliphatic rings. The Morgan fingerprint density at radius 1 is 1.19 bits per heavy atom. The van der Waals surface area contributed by atoms with Gasteiger partial charge < -0.3 is 4.74 Å². The number of rotatable bonds is 10. The molecule has 3 aromatic heterocycles. The van der Waals surface area contributed by atoms with E-state index in [0.29, 0.717) is 30.4 Å². The van der Waals surface area contributed by atoms with Crippen LogP contribution in [0.5, 0.6) is 0 Å². The van der Waals surface area contributed by atoms with Gasteiger partial charge in [0.25, 0.3) is 0 Å². The Balaban J connectivity index is 1.87. The summed E-state index contributed by atoms with van der Waals surface area (Å²) >= 11 is 4.36. The van der Waals surface area contributed by atoms with Crippen LogP contribution in [0.15, 0.2) is 30.9 Å². The molecule has 164 valence electrons. The Hall–Kier alpha value is -2.56. The maximum atomic E-state index is 13.1. The number of nitrogens with zero attached hydrogens (tertiary/aromatic N) is 5. The van der Waals surface area contributed by atoms with Gasteiger partial charge in [-0.1, -0.05) is 44.6 Å². The smallest absolute Gasteiger partial charge is 0.171 e. The first-order valence-electron chi connectivity index (χ1n) is 9.86. The molecule has 0 spiro atoms. The van der Waals surface area contributed by atoms with Crippen molar-refractivity contribution in [2.45, 2.75) is 39.1 Å². The molecule has 0 radical (unpaired) electrons. The predicted octanol–water partition coefficient (Wildman–Crippen LogP) is 4.60. The van der Waals surface area contributed by atoms with E-state index in [1.165, 1.54) is 16.4 Å². The van der Waals surface area contributed by atoms with Crippen molar-refractivity contribution in [2.75, 3.05) is 6.61 Å². The molecule has 0 bridgehead atoms. The highest BCUT2D eigenvalue weighted by Gasteiger charge is 2.17. The second kappa shape index (κ2) is 10.2. The maximum absolute atomic E-state index is 13.1. The third-order valence-electron chi connectivity index (χ3n) is 4.47. The molecule has 0 unspecified atom stereocenters. The van der Waals surface area contributed by atoms with Crippen LogP contribution in [0.1, 0.15) is 27.2 Å². The molecule has 0 saturated carbocycles. The highest BCUT2D eigenvalue weighted by atomic mass is 32.1. The van der Waals surface area contributed by atoms with Gasteiger partial charge in [0.2, 0.25) is 0 Å². The summed E-state index contributed by atoms with van der Waals surface area (Å²) in [4.78, 5) is 19.3. The van der Waals surface area contributed by atoms with E-state index in [2.05, 4.69) is 47.5 Å². The third kappa shape index (κ3) is 6.46. The van der Waals surface area contributed by atoms with Crippen molar-refractivity contribution in [1.29, 1.82) is 0 Å². The molecule has 10 heteroatoms. The summed E-state index contributed by atoms with van der Waals surface area (Å²) in [6.45, 7) is 7.19. The molecule has 3 aromatic rings.